The number of nitrogens with one attached hydrogen (secondary N) is 3. The molecule has 170 valence electrons. The van der Waals surface area contributed by atoms with E-state index in [1.54, 1.807) is 11.0 Å². The van der Waals surface area contributed by atoms with Crippen molar-refractivity contribution >= 4 is 23.6 Å². The number of nitrogens with zero attached hydrogens (tertiary/aromatic N) is 2. The summed E-state index contributed by atoms with van der Waals surface area (Å²) in [5.74, 6) is -0.701. The van der Waals surface area contributed by atoms with Gasteiger partial charge in [-0.3, -0.25) is 24.5 Å². The summed E-state index contributed by atoms with van der Waals surface area (Å²) < 4.78 is 0. The predicted molar refractivity (Wildman–Crippen MR) is 115 cm³/mol. The van der Waals surface area contributed by atoms with Gasteiger partial charge in [-0.1, -0.05) is 12.1 Å². The maximum absolute atomic E-state index is 13.0. The lowest BCUT2D eigenvalue weighted by molar-refractivity contribution is -0.137. The average Bonchev–Trinajstić information content (AvgIpc) is 3.33. The number of piperidine rings is 2. The van der Waals surface area contributed by atoms with Crippen molar-refractivity contribution in [2.75, 3.05) is 19.6 Å². The number of hydrogen-bond acceptors (Lipinski definition) is 6. The minimum atomic E-state index is -0.622. The number of hydrogen-bond donors (Lipinski definition) is 3. The molecule has 0 aliphatic carbocycles. The molecule has 0 radical (unpaired) electrons. The van der Waals surface area contributed by atoms with Gasteiger partial charge in [-0.05, 0) is 56.0 Å². The van der Waals surface area contributed by atoms with Gasteiger partial charge >= 0.3 is 0 Å². The molecule has 2 unspecified atom stereocenters. The van der Waals surface area contributed by atoms with Crippen LogP contribution in [0.4, 0.5) is 0 Å². The van der Waals surface area contributed by atoms with Crippen LogP contribution in [-0.2, 0) is 27.5 Å². The lowest BCUT2D eigenvalue weighted by Crippen LogP contribution is -2.52. The fourth-order valence-electron chi connectivity index (χ4n) is 5.42. The molecule has 3 N–H and O–H groups in total. The van der Waals surface area contributed by atoms with Crippen molar-refractivity contribution in [1.29, 1.82) is 0 Å². The first-order valence-corrected chi connectivity index (χ1v) is 11.5. The van der Waals surface area contributed by atoms with Gasteiger partial charge in [-0.2, -0.15) is 0 Å². The molecule has 0 spiro atoms. The zero-order valence-corrected chi connectivity index (χ0v) is 18.1. The molecular weight excluding hydrogens is 410 g/mol. The highest BCUT2D eigenvalue weighted by atomic mass is 16.2. The highest BCUT2D eigenvalue weighted by Gasteiger charge is 2.40. The zero-order valence-electron chi connectivity index (χ0n) is 18.1. The third-order valence-electron chi connectivity index (χ3n) is 7.21. The SMILES string of the molecule is O=C1CCC(N2Cc3c(CNC4CCN(C5CCNCC5)C4=O)cccc3C2=O)C(=O)N1. The van der Waals surface area contributed by atoms with Crippen LogP contribution in [0.2, 0.25) is 0 Å². The topological polar surface area (TPSA) is 111 Å². The second kappa shape index (κ2) is 8.63. The maximum atomic E-state index is 13.0. The lowest BCUT2D eigenvalue weighted by atomic mass is 10.0. The molecule has 1 aromatic carbocycles. The Labute approximate surface area is 186 Å². The van der Waals surface area contributed by atoms with Gasteiger partial charge in [0, 0.05) is 37.7 Å². The van der Waals surface area contributed by atoms with Crippen molar-refractivity contribution in [3.8, 4) is 0 Å². The molecule has 4 heterocycles. The third kappa shape index (κ3) is 3.80. The Morgan fingerprint density at radius 2 is 1.81 bits per heavy atom. The number of amides is 4. The number of likely N-dealkylation sites (tertiary alicyclic amines) is 1. The van der Waals surface area contributed by atoms with Gasteiger partial charge in [0.25, 0.3) is 5.91 Å². The summed E-state index contributed by atoms with van der Waals surface area (Å²) in [4.78, 5) is 53.3. The number of carbonyl (C=O) groups excluding carboxylic acids is 4. The zero-order chi connectivity index (χ0) is 22.2. The van der Waals surface area contributed by atoms with E-state index in [1.807, 2.05) is 17.0 Å². The largest absolute Gasteiger partial charge is 0.338 e. The summed E-state index contributed by atoms with van der Waals surface area (Å²) in [5, 5.41) is 9.09. The van der Waals surface area contributed by atoms with Gasteiger partial charge in [0.1, 0.15) is 6.04 Å². The summed E-state index contributed by atoms with van der Waals surface area (Å²) in [6.45, 7) is 3.55. The van der Waals surface area contributed by atoms with Crippen molar-refractivity contribution in [1.82, 2.24) is 25.8 Å². The van der Waals surface area contributed by atoms with Crippen LogP contribution in [0.1, 0.15) is 53.6 Å². The molecule has 3 saturated heterocycles. The van der Waals surface area contributed by atoms with Crippen molar-refractivity contribution in [3.63, 3.8) is 0 Å². The van der Waals surface area contributed by atoms with Crippen molar-refractivity contribution in [2.24, 2.45) is 0 Å². The second-order valence-corrected chi connectivity index (χ2v) is 9.08. The van der Waals surface area contributed by atoms with Gasteiger partial charge in [-0.15, -0.1) is 0 Å². The van der Waals surface area contributed by atoms with Crippen LogP contribution in [0.3, 0.4) is 0 Å². The molecule has 2 atom stereocenters. The number of benzene rings is 1. The van der Waals surface area contributed by atoms with E-state index in [4.69, 9.17) is 0 Å². The van der Waals surface area contributed by atoms with Gasteiger partial charge < -0.3 is 20.4 Å². The Balaban J connectivity index is 1.25. The van der Waals surface area contributed by atoms with E-state index in [9.17, 15) is 19.2 Å². The fraction of sp³-hybridized carbons (Fsp3) is 0.565. The van der Waals surface area contributed by atoms with Crippen LogP contribution < -0.4 is 16.0 Å². The Morgan fingerprint density at radius 1 is 1.00 bits per heavy atom. The highest BCUT2D eigenvalue weighted by molar-refractivity contribution is 6.05. The monoisotopic (exact) mass is 439 g/mol. The van der Waals surface area contributed by atoms with E-state index in [1.165, 1.54) is 0 Å². The molecule has 0 saturated carbocycles. The normalized spacial score (nSPS) is 26.6. The molecular formula is C23H29N5O4. The van der Waals surface area contributed by atoms with E-state index in [-0.39, 0.29) is 30.2 Å². The van der Waals surface area contributed by atoms with E-state index < -0.39 is 11.9 Å². The third-order valence-corrected chi connectivity index (χ3v) is 7.21. The number of fused-ring (bicyclic) bond motifs is 1. The van der Waals surface area contributed by atoms with E-state index in [0.717, 1.165) is 50.0 Å². The fourth-order valence-corrected chi connectivity index (χ4v) is 5.42. The van der Waals surface area contributed by atoms with Crippen molar-refractivity contribution in [2.45, 2.75) is 63.3 Å². The second-order valence-electron chi connectivity index (χ2n) is 9.08. The molecule has 9 nitrogen and oxygen atoms in total. The van der Waals surface area contributed by atoms with Crippen LogP contribution in [0.5, 0.6) is 0 Å². The highest BCUT2D eigenvalue weighted by Crippen LogP contribution is 2.30. The minimum Gasteiger partial charge on any atom is -0.338 e. The summed E-state index contributed by atoms with van der Waals surface area (Å²) in [7, 11) is 0. The molecule has 5 rings (SSSR count). The Hall–Kier alpha value is -2.78. The van der Waals surface area contributed by atoms with Crippen LogP contribution >= 0.6 is 0 Å². The standard InChI is InChI=1S/C23H29N5O4/c29-20-5-4-19(21(30)26-20)28-13-17-14(2-1-3-16(17)22(28)31)12-25-18-8-11-27(23(18)32)15-6-9-24-10-7-15/h1-3,15,18-19,24-25H,4-13H2,(H,26,29,30). The summed E-state index contributed by atoms with van der Waals surface area (Å²) >= 11 is 0. The van der Waals surface area contributed by atoms with Crippen LogP contribution in [0, 0.1) is 0 Å². The Morgan fingerprint density at radius 3 is 2.59 bits per heavy atom. The quantitative estimate of drug-likeness (QED) is 0.552. The molecule has 4 amide bonds. The Kier molecular flexibility index (Phi) is 5.69. The van der Waals surface area contributed by atoms with Gasteiger partial charge in [0.05, 0.1) is 6.04 Å². The molecule has 3 fully saturated rings. The van der Waals surface area contributed by atoms with Crippen LogP contribution in [-0.4, -0.2) is 71.2 Å². The number of rotatable bonds is 5. The summed E-state index contributed by atoms with van der Waals surface area (Å²) in [6, 6.07) is 5.10. The van der Waals surface area contributed by atoms with Crippen LogP contribution in [0.25, 0.3) is 0 Å². The molecule has 9 heteroatoms. The van der Waals surface area contributed by atoms with E-state index in [2.05, 4.69) is 16.0 Å². The molecule has 0 aromatic heterocycles. The molecule has 4 aliphatic heterocycles. The van der Waals surface area contributed by atoms with E-state index >= 15 is 0 Å². The van der Waals surface area contributed by atoms with Gasteiger partial charge in [0.15, 0.2) is 0 Å². The predicted octanol–water partition coefficient (Wildman–Crippen LogP) is -0.110. The van der Waals surface area contributed by atoms with Crippen molar-refractivity contribution in [3.05, 3.63) is 34.9 Å². The summed E-state index contributed by atoms with van der Waals surface area (Å²) in [6.07, 6.45) is 3.38. The lowest BCUT2D eigenvalue weighted by Gasteiger charge is -2.31. The first-order valence-electron chi connectivity index (χ1n) is 11.5. The molecule has 32 heavy (non-hydrogen) atoms. The minimum absolute atomic E-state index is 0.172. The first kappa shape index (κ1) is 21.1. The van der Waals surface area contributed by atoms with Crippen LogP contribution in [0.15, 0.2) is 18.2 Å². The smallest absolute Gasteiger partial charge is 0.255 e. The summed E-state index contributed by atoms with van der Waals surface area (Å²) in [5.41, 5.74) is 2.47. The average molecular weight is 440 g/mol. The van der Waals surface area contributed by atoms with Gasteiger partial charge in [-0.25, -0.2) is 0 Å². The first-order chi connectivity index (χ1) is 15.5. The molecule has 1 aromatic rings. The van der Waals surface area contributed by atoms with Crippen molar-refractivity contribution < 1.29 is 19.2 Å². The maximum Gasteiger partial charge on any atom is 0.255 e. The number of carbonyl (C=O) groups is 4. The molecule has 4 aliphatic rings. The Bertz CT molecular complexity index is 958. The molecule has 0 bridgehead atoms. The van der Waals surface area contributed by atoms with Gasteiger partial charge in [0.2, 0.25) is 17.7 Å². The number of imide groups is 1. The van der Waals surface area contributed by atoms with E-state index in [0.29, 0.717) is 31.1 Å².